The van der Waals surface area contributed by atoms with E-state index in [1.165, 1.54) is 19.4 Å². The molecule has 0 aliphatic carbocycles. The molecule has 0 saturated heterocycles. The Kier molecular flexibility index (Phi) is 11.3. The number of halogens is 1. The van der Waals surface area contributed by atoms with Crippen molar-refractivity contribution < 1.29 is 34.1 Å². The second-order valence-electron chi connectivity index (χ2n) is 8.01. The van der Waals surface area contributed by atoms with Crippen molar-refractivity contribution in [1.82, 2.24) is 9.88 Å². The fraction of sp³-hybridized carbons (Fsp3) is 0.111. The van der Waals surface area contributed by atoms with Gasteiger partial charge in [-0.3, -0.25) is 15.0 Å². The van der Waals surface area contributed by atoms with Crippen molar-refractivity contribution >= 4 is 52.7 Å². The molecule has 13 heteroatoms. The summed E-state index contributed by atoms with van der Waals surface area (Å²) in [7, 11) is 5.04. The summed E-state index contributed by atoms with van der Waals surface area (Å²) in [6.07, 6.45) is 2.54. The molecule has 3 aromatic rings. The fourth-order valence-corrected chi connectivity index (χ4v) is 3.07. The van der Waals surface area contributed by atoms with E-state index in [0.29, 0.717) is 51.4 Å². The summed E-state index contributed by atoms with van der Waals surface area (Å²) in [6.45, 7) is 0. The standard InChI is InChI=1S/C23H22ClN5O3.C4H4O4/c1-29(2)21(25)14-4-6-15(7-5-14)22(30)27-19-10-9-17(32-3)12-18(19)23(31)28-20-11-8-16(24)13-26-20;5-3(6)1-2-4(7)8/h4-13,25H,1-3H3,(H,27,30)(H,26,28,31);1-2H,(H,5,6)(H,7,8)/b;2-1-/i4+1,5+1,6+1,7+1,14+1,15+1;. The maximum Gasteiger partial charge on any atom is 0.328 e. The van der Waals surface area contributed by atoms with E-state index >= 15 is 0 Å². The molecule has 0 saturated carbocycles. The third-order valence-electron chi connectivity index (χ3n) is 4.92. The lowest BCUT2D eigenvalue weighted by Crippen LogP contribution is -2.22. The number of carboxylic acids is 2. The summed E-state index contributed by atoms with van der Waals surface area (Å²) in [5.41, 5.74) is 1.60. The van der Waals surface area contributed by atoms with E-state index < -0.39 is 23.8 Å². The number of benzene rings is 2. The zero-order valence-electron chi connectivity index (χ0n) is 21.6. The summed E-state index contributed by atoms with van der Waals surface area (Å²) in [5.74, 6) is -2.26. The number of carbonyl (C=O) groups excluding carboxylic acids is 2. The summed E-state index contributed by atoms with van der Waals surface area (Å²) in [5, 5.41) is 29.5. The van der Waals surface area contributed by atoms with Gasteiger partial charge in [-0.2, -0.15) is 0 Å². The van der Waals surface area contributed by atoms with Gasteiger partial charge in [0, 0.05) is 43.6 Å². The number of methoxy groups -OCH3 is 1. The molecule has 1 heterocycles. The Hall–Kier alpha value is -5.23. The van der Waals surface area contributed by atoms with Crippen LogP contribution in [-0.4, -0.2) is 70.9 Å². The van der Waals surface area contributed by atoms with Crippen LogP contribution in [0.25, 0.3) is 0 Å². The maximum absolute atomic E-state index is 12.9. The van der Waals surface area contributed by atoms with E-state index in [4.69, 9.17) is 32.0 Å². The highest BCUT2D eigenvalue weighted by Gasteiger charge is 2.17. The minimum absolute atomic E-state index is 0.209. The number of amidine groups is 1. The quantitative estimate of drug-likeness (QED) is 0.152. The molecule has 0 unspecified atom stereocenters. The highest BCUT2D eigenvalue weighted by atomic mass is 35.5. The number of anilines is 2. The summed E-state index contributed by atoms with van der Waals surface area (Å²) in [6, 6.07) is 14.6. The summed E-state index contributed by atoms with van der Waals surface area (Å²) < 4.78 is 5.22. The van der Waals surface area contributed by atoms with Crippen LogP contribution >= 0.6 is 11.6 Å². The number of nitrogens with zero attached hydrogens (tertiary/aromatic N) is 2. The van der Waals surface area contributed by atoms with Gasteiger partial charge in [-0.25, -0.2) is 14.6 Å². The molecule has 2 aromatic carbocycles. The Morgan fingerprint density at radius 2 is 1.50 bits per heavy atom. The molecule has 40 heavy (non-hydrogen) atoms. The van der Waals surface area contributed by atoms with E-state index in [9.17, 15) is 19.2 Å². The monoisotopic (exact) mass is 573 g/mol. The molecule has 0 spiro atoms. The van der Waals surface area contributed by atoms with Gasteiger partial charge < -0.3 is 30.5 Å². The number of pyridine rings is 1. The van der Waals surface area contributed by atoms with Crippen molar-refractivity contribution in [3.8, 4) is 5.75 Å². The number of hydrogen-bond donors (Lipinski definition) is 5. The van der Waals surface area contributed by atoms with E-state index in [1.54, 1.807) is 67.5 Å². The smallest absolute Gasteiger partial charge is 0.328 e. The van der Waals surface area contributed by atoms with Crippen molar-refractivity contribution in [2.75, 3.05) is 31.8 Å². The van der Waals surface area contributed by atoms with Crippen molar-refractivity contribution in [3.63, 3.8) is 0 Å². The molecular weight excluding hydrogens is 548 g/mol. The molecule has 0 aliphatic heterocycles. The Labute approximate surface area is 234 Å². The lowest BCUT2D eigenvalue weighted by atomic mass is 10.1. The molecule has 208 valence electrons. The van der Waals surface area contributed by atoms with Crippen LogP contribution in [0.2, 0.25) is 5.02 Å². The number of aliphatic carboxylic acids is 2. The van der Waals surface area contributed by atoms with Crippen molar-refractivity contribution in [3.05, 3.63) is 94.7 Å². The fourth-order valence-electron chi connectivity index (χ4n) is 2.96. The van der Waals surface area contributed by atoms with E-state index in [1.807, 2.05) is 0 Å². The number of nitrogens with one attached hydrogen (secondary N) is 3. The van der Waals surface area contributed by atoms with Crippen LogP contribution in [-0.2, 0) is 9.59 Å². The average molecular weight is 574 g/mol. The number of amides is 2. The molecule has 0 atom stereocenters. The van der Waals surface area contributed by atoms with Crippen LogP contribution in [0.15, 0.2) is 72.9 Å². The normalized spacial score (nSPS) is 10.1. The van der Waals surface area contributed by atoms with Gasteiger partial charge in [0.05, 0.1) is 23.4 Å². The zero-order chi connectivity index (χ0) is 29.8. The molecule has 0 aliphatic rings. The number of carbonyl (C=O) groups is 4. The average Bonchev–Trinajstić information content (AvgIpc) is 2.93. The van der Waals surface area contributed by atoms with Crippen LogP contribution in [0.3, 0.4) is 0 Å². The van der Waals surface area contributed by atoms with Gasteiger partial charge in [0.15, 0.2) is 0 Å². The Bertz CT molecular complexity index is 1410. The molecule has 0 bridgehead atoms. The van der Waals surface area contributed by atoms with E-state index in [0.717, 1.165) is 0 Å². The minimum atomic E-state index is -1.26. The van der Waals surface area contributed by atoms with Gasteiger partial charge in [0.25, 0.3) is 11.8 Å². The van der Waals surface area contributed by atoms with Crippen LogP contribution in [0, 0.1) is 5.41 Å². The van der Waals surface area contributed by atoms with Crippen LogP contribution < -0.4 is 15.4 Å². The molecule has 0 fully saturated rings. The van der Waals surface area contributed by atoms with Crippen molar-refractivity contribution in [2.45, 2.75) is 0 Å². The lowest BCUT2D eigenvalue weighted by molar-refractivity contribution is -0.134. The molecular formula is C27H26ClN5O7. The SMILES string of the molecule is COc1ccc(NC(=O)[13c]2[13cH][13cH][13c](C(=N)N(C)C)[13cH][13cH]2)c(C(=O)Nc2ccc(Cl)cn2)c1.O=C(O)/C=C\C(=O)O. The third-order valence-corrected chi connectivity index (χ3v) is 5.15. The van der Waals surface area contributed by atoms with Gasteiger partial charge in [-0.1, -0.05) is 23.7 Å². The van der Waals surface area contributed by atoms with E-state index in [2.05, 4.69) is 15.6 Å². The van der Waals surface area contributed by atoms with E-state index in [-0.39, 0.29) is 5.56 Å². The molecule has 12 nitrogen and oxygen atoms in total. The molecule has 1 aromatic heterocycles. The first-order valence-corrected chi connectivity index (χ1v) is 11.7. The molecule has 0 radical (unpaired) electrons. The number of aromatic nitrogens is 1. The first-order valence-electron chi connectivity index (χ1n) is 11.3. The first kappa shape index (κ1) is 31.0. The number of rotatable bonds is 8. The Morgan fingerprint density at radius 3 is 2.00 bits per heavy atom. The highest BCUT2D eigenvalue weighted by Crippen LogP contribution is 2.24. The third kappa shape index (κ3) is 9.58. The first-order chi connectivity index (χ1) is 18.9. The zero-order valence-corrected chi connectivity index (χ0v) is 22.4. The van der Waals surface area contributed by atoms with Crippen molar-refractivity contribution in [2.24, 2.45) is 0 Å². The predicted molar refractivity (Wildman–Crippen MR) is 150 cm³/mol. The summed E-state index contributed by atoms with van der Waals surface area (Å²) in [4.78, 5) is 50.5. The number of carboxylic acid groups (broad SMARTS) is 2. The Balaban J connectivity index is 0.000000611. The van der Waals surface area contributed by atoms with Crippen molar-refractivity contribution in [1.29, 1.82) is 5.41 Å². The van der Waals surface area contributed by atoms with Crippen LogP contribution in [0.4, 0.5) is 11.5 Å². The van der Waals surface area contributed by atoms with Crippen LogP contribution in [0.5, 0.6) is 5.75 Å². The van der Waals surface area contributed by atoms with Gasteiger partial charge in [0.2, 0.25) is 0 Å². The largest absolute Gasteiger partial charge is 0.497 e. The van der Waals surface area contributed by atoms with Gasteiger partial charge in [0.1, 0.15) is 17.4 Å². The summed E-state index contributed by atoms with van der Waals surface area (Å²) >= 11 is 5.83. The van der Waals surface area contributed by atoms with Gasteiger partial charge >= 0.3 is 11.9 Å². The Morgan fingerprint density at radius 1 is 0.900 bits per heavy atom. The highest BCUT2D eigenvalue weighted by molar-refractivity contribution is 6.30. The number of hydrogen-bond acceptors (Lipinski definition) is 7. The minimum Gasteiger partial charge on any atom is -0.497 e. The van der Waals surface area contributed by atoms with Crippen LogP contribution in [0.1, 0.15) is 26.3 Å². The molecule has 2 amide bonds. The topological polar surface area (TPSA) is 182 Å². The predicted octanol–water partition coefficient (Wildman–Crippen LogP) is 3.85. The lowest BCUT2D eigenvalue weighted by Gasteiger charge is -2.15. The molecule has 3 rings (SSSR count). The molecule has 5 N–H and O–H groups in total. The van der Waals surface area contributed by atoms with Gasteiger partial charge in [-0.15, -0.1) is 0 Å². The van der Waals surface area contributed by atoms with Gasteiger partial charge in [-0.05, 0) is 42.5 Å². The maximum atomic E-state index is 12.9. The second kappa shape index (κ2) is 14.6. The number of ether oxygens (including phenoxy) is 1. The second-order valence-corrected chi connectivity index (χ2v) is 8.45.